The van der Waals surface area contributed by atoms with Gasteiger partial charge in [0.15, 0.2) is 24.7 Å². The molecule has 10 nitrogen and oxygen atoms in total. The van der Waals surface area contributed by atoms with Gasteiger partial charge in [0.1, 0.15) is 5.56 Å². The molecule has 0 aromatic heterocycles. The van der Waals surface area contributed by atoms with Crippen LogP contribution in [0.3, 0.4) is 0 Å². The zero-order valence-electron chi connectivity index (χ0n) is 13.7. The SMILES string of the molecule is O=C(O)COc1ccc(C(=O)c2ccccc2)c([N+](=O)[O-])c1OCC(=O)O. The fourth-order valence-corrected chi connectivity index (χ4v) is 2.19. The largest absolute Gasteiger partial charge is 0.479 e. The Hall–Kier alpha value is -3.95. The molecule has 0 spiro atoms. The number of aliphatic carboxylic acids is 2. The first kappa shape index (κ1) is 19.4. The predicted molar refractivity (Wildman–Crippen MR) is 89.2 cm³/mol. The van der Waals surface area contributed by atoms with E-state index in [2.05, 4.69) is 0 Å². The molecule has 0 fully saturated rings. The van der Waals surface area contributed by atoms with Gasteiger partial charge in [0.25, 0.3) is 0 Å². The molecule has 0 bridgehead atoms. The van der Waals surface area contributed by atoms with E-state index in [9.17, 15) is 24.5 Å². The first-order valence-electron chi connectivity index (χ1n) is 7.41. The highest BCUT2D eigenvalue weighted by Crippen LogP contribution is 2.40. The van der Waals surface area contributed by atoms with E-state index >= 15 is 0 Å². The smallest absolute Gasteiger partial charge is 0.341 e. The molecule has 0 atom stereocenters. The number of rotatable bonds is 9. The van der Waals surface area contributed by atoms with Crippen molar-refractivity contribution in [1.82, 2.24) is 0 Å². The van der Waals surface area contributed by atoms with Crippen LogP contribution in [0, 0.1) is 10.1 Å². The molecule has 0 heterocycles. The van der Waals surface area contributed by atoms with Crippen molar-refractivity contribution < 1.29 is 39.0 Å². The molecule has 0 saturated heterocycles. The van der Waals surface area contributed by atoms with Crippen LogP contribution in [-0.4, -0.2) is 46.1 Å². The van der Waals surface area contributed by atoms with Gasteiger partial charge in [-0.05, 0) is 12.1 Å². The third kappa shape index (κ3) is 4.78. The molecule has 0 aliphatic carbocycles. The van der Waals surface area contributed by atoms with E-state index in [1.54, 1.807) is 18.2 Å². The summed E-state index contributed by atoms with van der Waals surface area (Å²) < 4.78 is 9.87. The molecule has 0 saturated carbocycles. The topological polar surface area (TPSA) is 153 Å². The summed E-state index contributed by atoms with van der Waals surface area (Å²) in [5.41, 5.74) is -0.994. The van der Waals surface area contributed by atoms with Crippen molar-refractivity contribution in [3.63, 3.8) is 0 Å². The molecule has 0 radical (unpaired) electrons. The molecule has 140 valence electrons. The minimum Gasteiger partial charge on any atom is -0.479 e. The molecule has 10 heteroatoms. The normalized spacial score (nSPS) is 10.1. The number of nitro groups is 1. The van der Waals surface area contributed by atoms with Gasteiger partial charge in [-0.1, -0.05) is 30.3 Å². The summed E-state index contributed by atoms with van der Waals surface area (Å²) in [6, 6.07) is 9.94. The zero-order valence-corrected chi connectivity index (χ0v) is 13.7. The number of carboxylic acids is 2. The van der Waals surface area contributed by atoms with Gasteiger partial charge >= 0.3 is 17.6 Å². The van der Waals surface area contributed by atoms with Gasteiger partial charge in [0.2, 0.25) is 5.75 Å². The third-order valence-corrected chi connectivity index (χ3v) is 3.25. The molecule has 0 aliphatic rings. The van der Waals surface area contributed by atoms with Gasteiger partial charge in [-0.3, -0.25) is 14.9 Å². The second-order valence-corrected chi connectivity index (χ2v) is 5.11. The Morgan fingerprint density at radius 2 is 1.52 bits per heavy atom. The van der Waals surface area contributed by atoms with Gasteiger partial charge < -0.3 is 19.7 Å². The van der Waals surface area contributed by atoms with Crippen molar-refractivity contribution in [3.05, 3.63) is 63.7 Å². The minimum atomic E-state index is -1.42. The fourth-order valence-electron chi connectivity index (χ4n) is 2.19. The molecule has 2 aromatic rings. The van der Waals surface area contributed by atoms with E-state index in [0.717, 1.165) is 12.1 Å². The highest BCUT2D eigenvalue weighted by Gasteiger charge is 2.30. The average Bonchev–Trinajstić information content (AvgIpc) is 2.64. The standard InChI is InChI=1S/C17H13NO9/c19-13(20)8-26-12-7-6-11(16(23)10-4-2-1-3-5-10)15(18(24)25)17(12)27-9-14(21)22/h1-7H,8-9H2,(H,19,20)(H,21,22). The Balaban J connectivity index is 2.58. The van der Waals surface area contributed by atoms with Crippen molar-refractivity contribution in [3.8, 4) is 11.5 Å². The van der Waals surface area contributed by atoms with Gasteiger partial charge in [0.05, 0.1) is 4.92 Å². The van der Waals surface area contributed by atoms with E-state index in [1.807, 2.05) is 0 Å². The van der Waals surface area contributed by atoms with E-state index in [1.165, 1.54) is 12.1 Å². The summed E-state index contributed by atoms with van der Waals surface area (Å²) in [6.45, 7) is -1.79. The van der Waals surface area contributed by atoms with Crippen molar-refractivity contribution in [1.29, 1.82) is 0 Å². The van der Waals surface area contributed by atoms with Crippen LogP contribution in [0.1, 0.15) is 15.9 Å². The maximum absolute atomic E-state index is 12.6. The van der Waals surface area contributed by atoms with E-state index in [4.69, 9.17) is 19.7 Å². The van der Waals surface area contributed by atoms with Crippen LogP contribution in [0.4, 0.5) is 5.69 Å². The summed E-state index contributed by atoms with van der Waals surface area (Å²) >= 11 is 0. The molecular weight excluding hydrogens is 362 g/mol. The third-order valence-electron chi connectivity index (χ3n) is 3.25. The molecule has 0 unspecified atom stereocenters. The quantitative estimate of drug-likeness (QED) is 0.379. The van der Waals surface area contributed by atoms with Crippen LogP contribution in [0.25, 0.3) is 0 Å². The van der Waals surface area contributed by atoms with E-state index in [-0.39, 0.29) is 16.9 Å². The Morgan fingerprint density at radius 3 is 2.07 bits per heavy atom. The summed E-state index contributed by atoms with van der Waals surface area (Å²) in [6.07, 6.45) is 0. The van der Waals surface area contributed by atoms with Crippen LogP contribution in [-0.2, 0) is 9.59 Å². The lowest BCUT2D eigenvalue weighted by molar-refractivity contribution is -0.386. The number of hydrogen-bond donors (Lipinski definition) is 2. The first-order chi connectivity index (χ1) is 12.8. The van der Waals surface area contributed by atoms with Crippen LogP contribution in [0.2, 0.25) is 0 Å². The second-order valence-electron chi connectivity index (χ2n) is 5.11. The number of carboxylic acid groups (broad SMARTS) is 2. The Morgan fingerprint density at radius 1 is 0.926 bits per heavy atom. The zero-order chi connectivity index (χ0) is 20.0. The number of ether oxygens (including phenoxy) is 2. The Bertz CT molecular complexity index is 893. The van der Waals surface area contributed by atoms with E-state index in [0.29, 0.717) is 0 Å². The second kappa shape index (κ2) is 8.43. The Kier molecular flexibility index (Phi) is 6.05. The highest BCUT2D eigenvalue weighted by molar-refractivity contribution is 6.12. The van der Waals surface area contributed by atoms with Gasteiger partial charge in [-0.2, -0.15) is 0 Å². The van der Waals surface area contributed by atoms with Gasteiger partial charge in [-0.25, -0.2) is 9.59 Å². The molecule has 0 aliphatic heterocycles. The van der Waals surface area contributed by atoms with Crippen LogP contribution >= 0.6 is 0 Å². The van der Waals surface area contributed by atoms with Gasteiger partial charge in [0, 0.05) is 5.56 Å². The first-order valence-corrected chi connectivity index (χ1v) is 7.41. The Labute approximate surface area is 151 Å². The summed E-state index contributed by atoms with van der Waals surface area (Å²) in [7, 11) is 0. The maximum atomic E-state index is 12.6. The molecule has 2 N–H and O–H groups in total. The molecule has 27 heavy (non-hydrogen) atoms. The van der Waals surface area contributed by atoms with Crippen LogP contribution < -0.4 is 9.47 Å². The lowest BCUT2D eigenvalue weighted by Crippen LogP contribution is -2.15. The number of nitrogens with zero attached hydrogens (tertiary/aromatic N) is 1. The predicted octanol–water partition coefficient (Wildman–Crippen LogP) is 1.75. The molecule has 2 aromatic carbocycles. The van der Waals surface area contributed by atoms with Crippen LogP contribution in [0.15, 0.2) is 42.5 Å². The molecular formula is C17H13NO9. The monoisotopic (exact) mass is 375 g/mol. The van der Waals surface area contributed by atoms with Crippen molar-refractivity contribution in [2.24, 2.45) is 0 Å². The lowest BCUT2D eigenvalue weighted by Gasteiger charge is -2.13. The van der Waals surface area contributed by atoms with Crippen molar-refractivity contribution in [2.45, 2.75) is 0 Å². The maximum Gasteiger partial charge on any atom is 0.341 e. The summed E-state index contributed by atoms with van der Waals surface area (Å²) in [5, 5.41) is 29.0. The number of benzene rings is 2. The number of nitro benzene ring substituents is 1. The summed E-state index contributed by atoms with van der Waals surface area (Å²) in [5.74, 6) is -4.47. The number of ketones is 1. The number of carbonyl (C=O) groups is 3. The fraction of sp³-hybridized carbons (Fsp3) is 0.118. The number of hydrogen-bond acceptors (Lipinski definition) is 7. The minimum absolute atomic E-state index is 0.170. The average molecular weight is 375 g/mol. The lowest BCUT2D eigenvalue weighted by atomic mass is 10.0. The van der Waals surface area contributed by atoms with Crippen LogP contribution in [0.5, 0.6) is 11.5 Å². The highest BCUT2D eigenvalue weighted by atomic mass is 16.6. The molecule has 0 amide bonds. The van der Waals surface area contributed by atoms with Crippen molar-refractivity contribution >= 4 is 23.4 Å². The summed E-state index contributed by atoms with van der Waals surface area (Å²) in [4.78, 5) is 44.7. The van der Waals surface area contributed by atoms with Gasteiger partial charge in [-0.15, -0.1) is 0 Å². The van der Waals surface area contributed by atoms with E-state index < -0.39 is 47.3 Å². The molecule has 2 rings (SSSR count). The van der Waals surface area contributed by atoms with Crippen molar-refractivity contribution in [2.75, 3.05) is 13.2 Å². The number of carbonyl (C=O) groups excluding carboxylic acids is 1.